The Hall–Kier alpha value is -3.93. The van der Waals surface area contributed by atoms with Crippen molar-refractivity contribution in [3.8, 4) is 16.9 Å². The lowest BCUT2D eigenvalue weighted by molar-refractivity contribution is -0.155. The van der Waals surface area contributed by atoms with E-state index in [-0.39, 0.29) is 29.1 Å². The average Bonchev–Trinajstić information content (AvgIpc) is 2.91. The largest absolute Gasteiger partial charge is 0.497 e. The number of aryl methyl sites for hydroxylation is 1. The van der Waals surface area contributed by atoms with E-state index in [0.717, 1.165) is 37.9 Å². The zero-order valence-corrected chi connectivity index (χ0v) is 23.7. The number of carboxylic acid groups (broad SMARTS) is 1. The van der Waals surface area contributed by atoms with Crippen molar-refractivity contribution in [3.63, 3.8) is 0 Å². The van der Waals surface area contributed by atoms with E-state index in [1.807, 2.05) is 19.1 Å². The molecule has 2 aliphatic carbocycles. The predicted molar refractivity (Wildman–Crippen MR) is 157 cm³/mol. The van der Waals surface area contributed by atoms with E-state index in [4.69, 9.17) is 9.84 Å². The Balaban J connectivity index is 0.000000201. The van der Waals surface area contributed by atoms with Crippen LogP contribution in [0.5, 0.6) is 5.75 Å². The second kappa shape index (κ2) is 12.5. The molecule has 0 atom stereocenters. The summed E-state index contributed by atoms with van der Waals surface area (Å²) in [6, 6.07) is 19.8. The number of nitrogens with one attached hydrogen (secondary N) is 1. The zero-order valence-electron chi connectivity index (χ0n) is 23.7. The minimum atomic E-state index is -0.716. The second-order valence-electron chi connectivity index (χ2n) is 10.9. The first kappa shape index (κ1) is 29.1. The van der Waals surface area contributed by atoms with E-state index in [1.54, 1.807) is 26.2 Å². The van der Waals surface area contributed by atoms with Crippen LogP contribution in [0.2, 0.25) is 0 Å². The first-order chi connectivity index (χ1) is 19.2. The third-order valence-corrected chi connectivity index (χ3v) is 8.23. The summed E-state index contributed by atoms with van der Waals surface area (Å²) in [5.41, 5.74) is 5.53. The SMILES string of the molecule is C/C=C\c1c(F)ccc(C(=O)NC2CC3(C2)CC(C(=O)O)C3)c1C.CCc1ccc(-c2ccc(OC)cc2)cc1. The van der Waals surface area contributed by atoms with Crippen LogP contribution < -0.4 is 10.1 Å². The van der Waals surface area contributed by atoms with Crippen LogP contribution in [0.25, 0.3) is 17.2 Å². The summed E-state index contributed by atoms with van der Waals surface area (Å²) in [4.78, 5) is 23.4. The summed E-state index contributed by atoms with van der Waals surface area (Å²) in [5.74, 6) is -0.559. The molecule has 5 rings (SSSR count). The van der Waals surface area contributed by atoms with Crippen molar-refractivity contribution >= 4 is 18.0 Å². The van der Waals surface area contributed by atoms with E-state index in [1.165, 1.54) is 28.8 Å². The molecule has 3 aromatic carbocycles. The summed E-state index contributed by atoms with van der Waals surface area (Å²) in [6.45, 7) is 5.73. The average molecular weight is 544 g/mol. The Bertz CT molecular complexity index is 1320. The highest BCUT2D eigenvalue weighted by atomic mass is 19.1. The third-order valence-electron chi connectivity index (χ3n) is 8.23. The summed E-state index contributed by atoms with van der Waals surface area (Å²) < 4.78 is 19.0. The summed E-state index contributed by atoms with van der Waals surface area (Å²) >= 11 is 0. The topological polar surface area (TPSA) is 75.6 Å². The molecule has 1 spiro atoms. The van der Waals surface area contributed by atoms with Gasteiger partial charge in [0, 0.05) is 17.2 Å². The van der Waals surface area contributed by atoms with Gasteiger partial charge in [-0.25, -0.2) is 4.39 Å². The number of rotatable bonds is 7. The molecule has 0 aromatic heterocycles. The molecule has 2 saturated carbocycles. The van der Waals surface area contributed by atoms with Crippen molar-refractivity contribution in [1.29, 1.82) is 0 Å². The predicted octanol–water partition coefficient (Wildman–Crippen LogP) is 7.47. The monoisotopic (exact) mass is 543 g/mol. The van der Waals surface area contributed by atoms with Gasteiger partial charge in [0.1, 0.15) is 11.6 Å². The van der Waals surface area contributed by atoms with Gasteiger partial charge in [0.15, 0.2) is 0 Å². The Labute approximate surface area is 236 Å². The number of ether oxygens (including phenoxy) is 1. The van der Waals surface area contributed by atoms with E-state index in [2.05, 4.69) is 48.6 Å². The molecule has 5 nitrogen and oxygen atoms in total. The van der Waals surface area contributed by atoms with E-state index < -0.39 is 5.97 Å². The number of hydrogen-bond donors (Lipinski definition) is 2. The molecular formula is C34H38FNO4. The Kier molecular flexibility index (Phi) is 9.08. The fraction of sp³-hybridized carbons (Fsp3) is 0.353. The van der Waals surface area contributed by atoms with Crippen LogP contribution in [0.15, 0.2) is 66.7 Å². The van der Waals surface area contributed by atoms with Crippen molar-refractivity contribution in [2.24, 2.45) is 11.3 Å². The maximum atomic E-state index is 13.8. The van der Waals surface area contributed by atoms with Gasteiger partial charge in [0.25, 0.3) is 5.91 Å². The number of hydrogen-bond acceptors (Lipinski definition) is 3. The maximum Gasteiger partial charge on any atom is 0.306 e. The van der Waals surface area contributed by atoms with Gasteiger partial charge >= 0.3 is 5.97 Å². The molecule has 40 heavy (non-hydrogen) atoms. The standard InChI is InChI=1S/C19H22FNO3.C15H16O/c1-3-4-14-11(2)15(5-6-16(14)20)17(22)21-13-9-19(10-13)7-12(8-19)18(23)24;1-3-12-4-6-13(7-5-12)14-8-10-15(16-2)11-9-14/h3-6,12-13H,7-10H2,1-2H3,(H,21,22)(H,23,24);4-11H,3H2,1-2H3/b4-3-;. The lowest BCUT2D eigenvalue weighted by atomic mass is 9.50. The van der Waals surface area contributed by atoms with E-state index in [0.29, 0.717) is 16.7 Å². The molecule has 3 aromatic rings. The number of benzene rings is 3. The van der Waals surface area contributed by atoms with E-state index in [9.17, 15) is 14.0 Å². The number of aliphatic carboxylic acids is 1. The Morgan fingerprint density at radius 2 is 1.60 bits per heavy atom. The van der Waals surface area contributed by atoms with E-state index >= 15 is 0 Å². The van der Waals surface area contributed by atoms with Gasteiger partial charge < -0.3 is 15.2 Å². The van der Waals surface area contributed by atoms with Gasteiger partial charge in [-0.1, -0.05) is 55.5 Å². The van der Waals surface area contributed by atoms with Gasteiger partial charge in [0.05, 0.1) is 13.0 Å². The van der Waals surface area contributed by atoms with Gasteiger partial charge in [0.2, 0.25) is 0 Å². The molecule has 2 aliphatic rings. The number of carbonyl (C=O) groups excluding carboxylic acids is 1. The van der Waals surface area contributed by atoms with Gasteiger partial charge in [-0.05, 0) is 97.9 Å². The minimum absolute atomic E-state index is 0.0851. The zero-order chi connectivity index (χ0) is 28.9. The first-order valence-electron chi connectivity index (χ1n) is 13.9. The molecule has 2 fully saturated rings. The molecule has 0 bridgehead atoms. The summed E-state index contributed by atoms with van der Waals surface area (Å²) in [5, 5.41) is 12.0. The van der Waals surface area contributed by atoms with Crippen molar-refractivity contribution in [3.05, 3.63) is 94.8 Å². The Morgan fingerprint density at radius 3 is 2.12 bits per heavy atom. The lowest BCUT2D eigenvalue weighted by Gasteiger charge is -2.56. The highest BCUT2D eigenvalue weighted by molar-refractivity contribution is 5.96. The number of amides is 1. The molecule has 6 heteroatoms. The lowest BCUT2D eigenvalue weighted by Crippen LogP contribution is -2.57. The van der Waals surface area contributed by atoms with Gasteiger partial charge in [-0.3, -0.25) is 9.59 Å². The van der Waals surface area contributed by atoms with Crippen LogP contribution in [0.3, 0.4) is 0 Å². The molecule has 0 unspecified atom stereocenters. The van der Waals surface area contributed by atoms with Crippen LogP contribution in [0, 0.1) is 24.1 Å². The highest BCUT2D eigenvalue weighted by Gasteiger charge is 2.55. The van der Waals surface area contributed by atoms with Gasteiger partial charge in [-0.15, -0.1) is 0 Å². The van der Waals surface area contributed by atoms with Crippen molar-refractivity contribution in [1.82, 2.24) is 5.32 Å². The molecule has 0 aliphatic heterocycles. The number of carboxylic acids is 1. The van der Waals surface area contributed by atoms with Crippen LogP contribution >= 0.6 is 0 Å². The van der Waals surface area contributed by atoms with Crippen LogP contribution in [0.1, 0.15) is 66.6 Å². The fourth-order valence-electron chi connectivity index (χ4n) is 5.87. The summed E-state index contributed by atoms with van der Waals surface area (Å²) in [6.07, 6.45) is 7.61. The normalized spacial score (nSPS) is 21.1. The number of halogens is 1. The van der Waals surface area contributed by atoms with Crippen LogP contribution in [-0.4, -0.2) is 30.1 Å². The molecular weight excluding hydrogens is 505 g/mol. The van der Waals surface area contributed by atoms with Crippen molar-refractivity contribution in [2.45, 2.75) is 58.9 Å². The van der Waals surface area contributed by atoms with Crippen molar-refractivity contribution in [2.75, 3.05) is 7.11 Å². The molecule has 210 valence electrons. The second-order valence-corrected chi connectivity index (χ2v) is 10.9. The maximum absolute atomic E-state index is 13.8. The molecule has 0 heterocycles. The fourth-order valence-corrected chi connectivity index (χ4v) is 5.87. The van der Waals surface area contributed by atoms with Crippen LogP contribution in [-0.2, 0) is 11.2 Å². The first-order valence-corrected chi connectivity index (χ1v) is 13.9. The summed E-state index contributed by atoms with van der Waals surface area (Å²) in [7, 11) is 1.69. The van der Waals surface area contributed by atoms with Crippen LogP contribution in [0.4, 0.5) is 4.39 Å². The van der Waals surface area contributed by atoms with Gasteiger partial charge in [-0.2, -0.15) is 0 Å². The molecule has 0 saturated heterocycles. The smallest absolute Gasteiger partial charge is 0.306 e. The van der Waals surface area contributed by atoms with Crippen molar-refractivity contribution < 1.29 is 23.8 Å². The molecule has 1 amide bonds. The number of methoxy groups -OCH3 is 1. The number of allylic oxidation sites excluding steroid dienone is 1. The highest BCUT2D eigenvalue weighted by Crippen LogP contribution is 2.58. The minimum Gasteiger partial charge on any atom is -0.497 e. The molecule has 2 N–H and O–H groups in total. The molecule has 0 radical (unpaired) electrons. The Morgan fingerprint density at radius 1 is 1.00 bits per heavy atom. The quantitative estimate of drug-likeness (QED) is 0.324. The third kappa shape index (κ3) is 6.44. The number of carbonyl (C=O) groups is 2.